The summed E-state index contributed by atoms with van der Waals surface area (Å²) in [4.78, 5) is 19.5. The maximum atomic E-state index is 12.3. The first kappa shape index (κ1) is 19.5. The number of hydrogen-bond donors (Lipinski definition) is 3. The summed E-state index contributed by atoms with van der Waals surface area (Å²) in [7, 11) is 0. The van der Waals surface area contributed by atoms with Gasteiger partial charge in [-0.05, 0) is 50.6 Å². The van der Waals surface area contributed by atoms with Gasteiger partial charge in [0.15, 0.2) is 0 Å². The molecule has 1 aliphatic rings. The van der Waals surface area contributed by atoms with Crippen molar-refractivity contribution in [3.8, 4) is 11.4 Å². The zero-order valence-corrected chi connectivity index (χ0v) is 14.5. The summed E-state index contributed by atoms with van der Waals surface area (Å²) in [5, 5.41) is 6.37. The lowest BCUT2D eigenvalue weighted by Crippen LogP contribution is -2.40. The van der Waals surface area contributed by atoms with Gasteiger partial charge in [-0.2, -0.15) is 0 Å². The van der Waals surface area contributed by atoms with Gasteiger partial charge in [0, 0.05) is 35.6 Å². The predicted molar refractivity (Wildman–Crippen MR) is 97.3 cm³/mol. The Bertz CT molecular complexity index is 601. The van der Waals surface area contributed by atoms with E-state index in [4.69, 9.17) is 0 Å². The largest absolute Gasteiger partial charge is 0.345 e. The van der Waals surface area contributed by atoms with E-state index in [-0.39, 0.29) is 36.6 Å². The molecule has 3 N–H and O–H groups in total. The molecule has 2 aromatic rings. The Hall–Kier alpha value is -1.56. The molecular formula is C16H22Cl2N4O. The minimum atomic E-state index is 0. The molecule has 0 aliphatic carbocycles. The standard InChI is InChI=1S/C16H20N4O.2ClH/c1-11-10-13(6-7-17-11)16(21)20-14-4-2-12(3-5-14)15-18-8-9-19-15;;/h2-5,8-9,11,13,17H,6-7,10H2,1H3,(H,18,19)(H,20,21);2*1H/t11-,13-;;/m0../s1. The van der Waals surface area contributed by atoms with Gasteiger partial charge in [0.1, 0.15) is 5.82 Å². The first-order valence-electron chi connectivity index (χ1n) is 7.36. The van der Waals surface area contributed by atoms with Crippen LogP contribution in [0.1, 0.15) is 19.8 Å². The fourth-order valence-corrected chi connectivity index (χ4v) is 2.75. The average Bonchev–Trinajstić information content (AvgIpc) is 3.02. The van der Waals surface area contributed by atoms with Crippen molar-refractivity contribution in [1.29, 1.82) is 0 Å². The first-order valence-corrected chi connectivity index (χ1v) is 7.36. The second-order valence-corrected chi connectivity index (χ2v) is 5.58. The smallest absolute Gasteiger partial charge is 0.227 e. The van der Waals surface area contributed by atoms with Crippen molar-refractivity contribution in [2.75, 3.05) is 11.9 Å². The van der Waals surface area contributed by atoms with Gasteiger partial charge in [0.25, 0.3) is 0 Å². The van der Waals surface area contributed by atoms with Crippen LogP contribution in [0.5, 0.6) is 0 Å². The number of aromatic amines is 1. The van der Waals surface area contributed by atoms with E-state index in [1.165, 1.54) is 0 Å². The Kier molecular flexibility index (Phi) is 7.55. The predicted octanol–water partition coefficient (Wildman–Crippen LogP) is 3.25. The number of carbonyl (C=O) groups excluding carboxylic acids is 1. The number of nitrogens with zero attached hydrogens (tertiary/aromatic N) is 1. The summed E-state index contributed by atoms with van der Waals surface area (Å²) in [6.45, 7) is 3.04. The molecule has 2 atom stereocenters. The quantitative estimate of drug-likeness (QED) is 0.790. The number of benzene rings is 1. The highest BCUT2D eigenvalue weighted by atomic mass is 35.5. The lowest BCUT2D eigenvalue weighted by Gasteiger charge is -2.27. The van der Waals surface area contributed by atoms with Crippen LogP contribution in [0.15, 0.2) is 36.7 Å². The third-order valence-electron chi connectivity index (χ3n) is 3.92. The molecule has 1 aromatic carbocycles. The summed E-state index contributed by atoms with van der Waals surface area (Å²) in [5.41, 5.74) is 1.84. The van der Waals surface area contributed by atoms with Gasteiger partial charge < -0.3 is 15.6 Å². The number of nitrogens with one attached hydrogen (secondary N) is 3. The number of aromatic nitrogens is 2. The van der Waals surface area contributed by atoms with Crippen LogP contribution in [0, 0.1) is 5.92 Å². The molecule has 0 saturated carbocycles. The zero-order valence-electron chi connectivity index (χ0n) is 12.9. The minimum Gasteiger partial charge on any atom is -0.345 e. The van der Waals surface area contributed by atoms with E-state index in [0.717, 1.165) is 36.5 Å². The molecule has 1 aliphatic heterocycles. The van der Waals surface area contributed by atoms with E-state index in [2.05, 4.69) is 27.5 Å². The number of piperidine rings is 1. The van der Waals surface area contributed by atoms with Crippen molar-refractivity contribution in [3.05, 3.63) is 36.7 Å². The summed E-state index contributed by atoms with van der Waals surface area (Å²) >= 11 is 0. The molecule has 1 amide bonds. The van der Waals surface area contributed by atoms with Crippen LogP contribution in [0.2, 0.25) is 0 Å². The molecule has 7 heteroatoms. The maximum Gasteiger partial charge on any atom is 0.227 e. The molecule has 1 saturated heterocycles. The van der Waals surface area contributed by atoms with Crippen molar-refractivity contribution < 1.29 is 4.79 Å². The Morgan fingerprint density at radius 1 is 1.26 bits per heavy atom. The van der Waals surface area contributed by atoms with Crippen LogP contribution >= 0.6 is 24.8 Å². The van der Waals surface area contributed by atoms with Crippen molar-refractivity contribution in [2.24, 2.45) is 5.92 Å². The molecule has 0 unspecified atom stereocenters. The number of carbonyl (C=O) groups is 1. The van der Waals surface area contributed by atoms with Crippen LogP contribution in [0.3, 0.4) is 0 Å². The van der Waals surface area contributed by atoms with Crippen molar-refractivity contribution in [2.45, 2.75) is 25.8 Å². The van der Waals surface area contributed by atoms with Crippen molar-refractivity contribution in [3.63, 3.8) is 0 Å². The second-order valence-electron chi connectivity index (χ2n) is 5.58. The molecule has 5 nitrogen and oxygen atoms in total. The van der Waals surface area contributed by atoms with Crippen LogP contribution in [0.25, 0.3) is 11.4 Å². The number of rotatable bonds is 3. The van der Waals surface area contributed by atoms with Crippen LogP contribution in [-0.2, 0) is 4.79 Å². The van der Waals surface area contributed by atoms with Crippen molar-refractivity contribution in [1.82, 2.24) is 15.3 Å². The summed E-state index contributed by atoms with van der Waals surface area (Å²) < 4.78 is 0. The number of amides is 1. The molecule has 0 radical (unpaired) electrons. The normalized spacial score (nSPS) is 20.0. The maximum absolute atomic E-state index is 12.3. The third kappa shape index (κ3) is 4.96. The lowest BCUT2D eigenvalue weighted by molar-refractivity contribution is -0.120. The monoisotopic (exact) mass is 356 g/mol. The third-order valence-corrected chi connectivity index (χ3v) is 3.92. The minimum absolute atomic E-state index is 0. The van der Waals surface area contributed by atoms with E-state index in [1.54, 1.807) is 12.4 Å². The molecule has 1 aromatic heterocycles. The van der Waals surface area contributed by atoms with Gasteiger partial charge in [0.2, 0.25) is 5.91 Å². The van der Waals surface area contributed by atoms with Crippen LogP contribution in [0.4, 0.5) is 5.69 Å². The van der Waals surface area contributed by atoms with Crippen molar-refractivity contribution >= 4 is 36.4 Å². The number of hydrogen-bond acceptors (Lipinski definition) is 3. The van der Waals surface area contributed by atoms with Gasteiger partial charge in [-0.15, -0.1) is 24.8 Å². The van der Waals surface area contributed by atoms with E-state index in [0.29, 0.717) is 6.04 Å². The lowest BCUT2D eigenvalue weighted by atomic mass is 9.92. The summed E-state index contributed by atoms with van der Waals surface area (Å²) in [6.07, 6.45) is 5.32. The van der Waals surface area contributed by atoms with Gasteiger partial charge in [0.05, 0.1) is 0 Å². The molecule has 1 fully saturated rings. The molecule has 23 heavy (non-hydrogen) atoms. The summed E-state index contributed by atoms with van der Waals surface area (Å²) in [5.74, 6) is 1.06. The fourth-order valence-electron chi connectivity index (χ4n) is 2.75. The SMILES string of the molecule is C[C@H]1C[C@@H](C(=O)Nc2ccc(-c3ncc[nH]3)cc2)CCN1.Cl.Cl. The van der Waals surface area contributed by atoms with E-state index in [9.17, 15) is 4.79 Å². The molecule has 0 spiro atoms. The molecule has 2 heterocycles. The van der Waals surface area contributed by atoms with E-state index in [1.807, 2.05) is 24.3 Å². The average molecular weight is 357 g/mol. The topological polar surface area (TPSA) is 69.8 Å². The highest BCUT2D eigenvalue weighted by Crippen LogP contribution is 2.21. The van der Waals surface area contributed by atoms with Gasteiger partial charge in [-0.1, -0.05) is 0 Å². The number of H-pyrrole nitrogens is 1. The molecular weight excluding hydrogens is 335 g/mol. The van der Waals surface area contributed by atoms with E-state index >= 15 is 0 Å². The zero-order chi connectivity index (χ0) is 14.7. The van der Waals surface area contributed by atoms with Crippen LogP contribution < -0.4 is 10.6 Å². The number of halogens is 2. The Morgan fingerprint density at radius 2 is 2.00 bits per heavy atom. The molecule has 3 rings (SSSR count). The van der Waals surface area contributed by atoms with Gasteiger partial charge in [-0.25, -0.2) is 4.98 Å². The number of imidazole rings is 1. The highest BCUT2D eigenvalue weighted by Gasteiger charge is 2.24. The Balaban J connectivity index is 0.00000132. The van der Waals surface area contributed by atoms with Gasteiger partial charge >= 0.3 is 0 Å². The first-order chi connectivity index (χ1) is 10.2. The molecule has 126 valence electrons. The molecule has 0 bridgehead atoms. The Labute approximate surface area is 148 Å². The second kappa shape index (κ2) is 8.91. The highest BCUT2D eigenvalue weighted by molar-refractivity contribution is 5.92. The number of anilines is 1. The van der Waals surface area contributed by atoms with E-state index < -0.39 is 0 Å². The fraction of sp³-hybridized carbons (Fsp3) is 0.375. The summed E-state index contributed by atoms with van der Waals surface area (Å²) in [6, 6.07) is 8.16. The van der Waals surface area contributed by atoms with Crippen LogP contribution in [-0.4, -0.2) is 28.5 Å². The Morgan fingerprint density at radius 3 is 2.61 bits per heavy atom. The van der Waals surface area contributed by atoms with Gasteiger partial charge in [-0.3, -0.25) is 4.79 Å².